The van der Waals surface area contributed by atoms with Crippen LogP contribution in [-0.2, 0) is 14.8 Å². The quantitative estimate of drug-likeness (QED) is 0.907. The lowest BCUT2D eigenvalue weighted by molar-refractivity contribution is 0.00453. The van der Waals surface area contributed by atoms with Gasteiger partial charge in [-0.05, 0) is 12.1 Å². The Hall–Kier alpha value is -1.67. The predicted molar refractivity (Wildman–Crippen MR) is 88.1 cm³/mol. The number of rotatable bonds is 4. The smallest absolute Gasteiger partial charge is 0.243 e. The van der Waals surface area contributed by atoms with Crippen LogP contribution in [0.5, 0.6) is 5.75 Å². The zero-order chi connectivity index (χ0) is 16.4. The maximum Gasteiger partial charge on any atom is 0.243 e. The van der Waals surface area contributed by atoms with Gasteiger partial charge in [-0.25, -0.2) is 8.42 Å². The van der Waals surface area contributed by atoms with E-state index in [1.165, 1.54) is 4.31 Å². The molecule has 1 atom stereocenters. The van der Waals surface area contributed by atoms with E-state index in [4.69, 9.17) is 15.2 Å². The molecule has 1 fully saturated rings. The van der Waals surface area contributed by atoms with Crippen molar-refractivity contribution in [3.8, 4) is 5.75 Å². The minimum absolute atomic E-state index is 0.261. The number of hydrogen-bond donors (Lipinski definition) is 1. The number of morpholine rings is 1. The normalized spacial score (nSPS) is 19.8. The van der Waals surface area contributed by atoms with Crippen molar-refractivity contribution in [1.82, 2.24) is 4.31 Å². The van der Waals surface area contributed by atoms with E-state index in [9.17, 15) is 8.42 Å². The highest BCUT2D eigenvalue weighted by molar-refractivity contribution is 7.89. The first-order chi connectivity index (χ1) is 11.1. The fourth-order valence-electron chi connectivity index (χ4n) is 2.84. The average molecular weight is 336 g/mol. The molecule has 1 aliphatic heterocycles. The van der Waals surface area contributed by atoms with E-state index >= 15 is 0 Å². The molecule has 2 N–H and O–H groups in total. The third kappa shape index (κ3) is 2.92. The Balaban J connectivity index is 2.08. The molecule has 23 heavy (non-hydrogen) atoms. The summed E-state index contributed by atoms with van der Waals surface area (Å²) in [4.78, 5) is 0.284. The molecule has 1 unspecified atom stereocenters. The monoisotopic (exact) mass is 336 g/mol. The summed E-state index contributed by atoms with van der Waals surface area (Å²) in [6.45, 7) is 1.27. The standard InChI is InChI=1S/C16H20N2O4S/c1-21-15-6-7-16(14-5-3-2-4-13(14)15)23(19,20)18-8-9-22-12(10-17)11-18/h2-7,12H,8-11,17H2,1H3. The Labute approximate surface area is 135 Å². The molecule has 124 valence electrons. The second-order valence-electron chi connectivity index (χ2n) is 5.40. The Bertz CT molecular complexity index is 807. The third-order valence-corrected chi connectivity index (χ3v) is 5.97. The lowest BCUT2D eigenvalue weighted by Crippen LogP contribution is -2.48. The van der Waals surface area contributed by atoms with Gasteiger partial charge in [-0.1, -0.05) is 24.3 Å². The van der Waals surface area contributed by atoms with Crippen LogP contribution in [0.1, 0.15) is 0 Å². The van der Waals surface area contributed by atoms with Crippen LogP contribution in [-0.4, -0.2) is 52.2 Å². The van der Waals surface area contributed by atoms with Gasteiger partial charge in [0, 0.05) is 30.4 Å². The molecule has 7 heteroatoms. The summed E-state index contributed by atoms with van der Waals surface area (Å²) >= 11 is 0. The largest absolute Gasteiger partial charge is 0.496 e. The molecule has 1 aliphatic rings. The van der Waals surface area contributed by atoms with Gasteiger partial charge in [0.15, 0.2) is 0 Å². The fourth-order valence-corrected chi connectivity index (χ4v) is 4.49. The van der Waals surface area contributed by atoms with Crippen molar-refractivity contribution in [3.05, 3.63) is 36.4 Å². The van der Waals surface area contributed by atoms with E-state index in [0.29, 0.717) is 30.8 Å². The van der Waals surface area contributed by atoms with E-state index < -0.39 is 10.0 Å². The number of methoxy groups -OCH3 is 1. The minimum atomic E-state index is -3.61. The third-order valence-electron chi connectivity index (χ3n) is 4.05. The summed E-state index contributed by atoms with van der Waals surface area (Å²) < 4.78 is 38.3. The van der Waals surface area contributed by atoms with E-state index in [1.54, 1.807) is 25.3 Å². The lowest BCUT2D eigenvalue weighted by Gasteiger charge is -2.31. The van der Waals surface area contributed by atoms with Crippen molar-refractivity contribution in [2.75, 3.05) is 33.4 Å². The number of sulfonamides is 1. The molecule has 3 rings (SSSR count). The van der Waals surface area contributed by atoms with Crippen molar-refractivity contribution in [3.63, 3.8) is 0 Å². The first kappa shape index (κ1) is 16.2. The van der Waals surface area contributed by atoms with Crippen LogP contribution in [0.2, 0.25) is 0 Å². The first-order valence-corrected chi connectivity index (χ1v) is 8.89. The van der Waals surface area contributed by atoms with Gasteiger partial charge >= 0.3 is 0 Å². The summed E-state index contributed by atoms with van der Waals surface area (Å²) in [5.41, 5.74) is 5.61. The molecule has 1 saturated heterocycles. The molecule has 0 radical (unpaired) electrons. The predicted octanol–water partition coefficient (Wildman–Crippen LogP) is 1.20. The van der Waals surface area contributed by atoms with Gasteiger partial charge < -0.3 is 15.2 Å². The van der Waals surface area contributed by atoms with Crippen molar-refractivity contribution >= 4 is 20.8 Å². The van der Waals surface area contributed by atoms with Crippen LogP contribution in [0.25, 0.3) is 10.8 Å². The Morgan fingerprint density at radius 3 is 2.70 bits per heavy atom. The number of ether oxygens (including phenoxy) is 2. The molecule has 1 heterocycles. The molecule has 2 aromatic rings. The Kier molecular flexibility index (Phi) is 4.54. The SMILES string of the molecule is COc1ccc(S(=O)(=O)N2CCOC(CN)C2)c2ccccc12. The van der Waals surface area contributed by atoms with E-state index in [0.717, 1.165) is 5.39 Å². The molecule has 0 spiro atoms. The highest BCUT2D eigenvalue weighted by Gasteiger charge is 2.31. The van der Waals surface area contributed by atoms with Crippen molar-refractivity contribution in [2.24, 2.45) is 5.73 Å². The van der Waals surface area contributed by atoms with Gasteiger partial charge in [-0.15, -0.1) is 0 Å². The zero-order valence-corrected chi connectivity index (χ0v) is 13.8. The van der Waals surface area contributed by atoms with Crippen LogP contribution in [0.3, 0.4) is 0 Å². The van der Waals surface area contributed by atoms with Crippen LogP contribution in [0, 0.1) is 0 Å². The maximum absolute atomic E-state index is 13.1. The van der Waals surface area contributed by atoms with E-state index in [-0.39, 0.29) is 17.5 Å². The van der Waals surface area contributed by atoms with Gasteiger partial charge in [0.05, 0.1) is 24.7 Å². The van der Waals surface area contributed by atoms with Crippen molar-refractivity contribution in [1.29, 1.82) is 0 Å². The number of benzene rings is 2. The highest BCUT2D eigenvalue weighted by Crippen LogP contribution is 2.32. The molecule has 6 nitrogen and oxygen atoms in total. The fraction of sp³-hybridized carbons (Fsp3) is 0.375. The lowest BCUT2D eigenvalue weighted by atomic mass is 10.1. The molecule has 0 amide bonds. The second-order valence-corrected chi connectivity index (χ2v) is 7.31. The van der Waals surface area contributed by atoms with Crippen molar-refractivity contribution in [2.45, 2.75) is 11.0 Å². The number of fused-ring (bicyclic) bond motifs is 1. The molecule has 0 aromatic heterocycles. The van der Waals surface area contributed by atoms with Crippen LogP contribution in [0.4, 0.5) is 0 Å². The summed E-state index contributed by atoms with van der Waals surface area (Å²) in [5, 5.41) is 1.43. The van der Waals surface area contributed by atoms with Gasteiger partial charge in [0.2, 0.25) is 10.0 Å². The molecule has 0 bridgehead atoms. The molecule has 0 saturated carbocycles. The van der Waals surface area contributed by atoms with Crippen LogP contribution >= 0.6 is 0 Å². The van der Waals surface area contributed by atoms with E-state index in [2.05, 4.69) is 0 Å². The minimum Gasteiger partial charge on any atom is -0.496 e. The maximum atomic E-state index is 13.1. The van der Waals surface area contributed by atoms with Crippen LogP contribution < -0.4 is 10.5 Å². The average Bonchev–Trinajstić information content (AvgIpc) is 2.60. The first-order valence-electron chi connectivity index (χ1n) is 7.45. The van der Waals surface area contributed by atoms with Crippen LogP contribution in [0.15, 0.2) is 41.3 Å². The summed E-state index contributed by atoms with van der Waals surface area (Å²) in [6, 6.07) is 10.6. The summed E-state index contributed by atoms with van der Waals surface area (Å²) in [6.07, 6.45) is -0.261. The number of nitrogens with zero attached hydrogens (tertiary/aromatic N) is 1. The topological polar surface area (TPSA) is 81.9 Å². The number of nitrogens with two attached hydrogens (primary N) is 1. The zero-order valence-electron chi connectivity index (χ0n) is 12.9. The van der Waals surface area contributed by atoms with Gasteiger partial charge in [0.25, 0.3) is 0 Å². The van der Waals surface area contributed by atoms with E-state index in [1.807, 2.05) is 18.2 Å². The Morgan fingerprint density at radius 1 is 1.26 bits per heavy atom. The summed E-state index contributed by atoms with van der Waals surface area (Å²) in [5.74, 6) is 0.654. The summed E-state index contributed by atoms with van der Waals surface area (Å²) in [7, 11) is -2.04. The van der Waals surface area contributed by atoms with Gasteiger partial charge in [0.1, 0.15) is 5.75 Å². The highest BCUT2D eigenvalue weighted by atomic mass is 32.2. The second kappa shape index (κ2) is 6.45. The van der Waals surface area contributed by atoms with Gasteiger partial charge in [-0.3, -0.25) is 0 Å². The number of hydrogen-bond acceptors (Lipinski definition) is 5. The molecular formula is C16H20N2O4S. The Morgan fingerprint density at radius 2 is 2.00 bits per heavy atom. The van der Waals surface area contributed by atoms with Crippen molar-refractivity contribution < 1.29 is 17.9 Å². The van der Waals surface area contributed by atoms with Gasteiger partial charge in [-0.2, -0.15) is 4.31 Å². The molecular weight excluding hydrogens is 316 g/mol. The molecule has 0 aliphatic carbocycles. The molecule has 2 aromatic carbocycles.